The van der Waals surface area contributed by atoms with Gasteiger partial charge < -0.3 is 4.74 Å². The summed E-state index contributed by atoms with van der Waals surface area (Å²) in [7, 11) is 0. The molecule has 29 heavy (non-hydrogen) atoms. The number of fused-ring (bicyclic) bond motifs is 1. The number of ether oxygens (including phenoxy) is 1. The zero-order chi connectivity index (χ0) is 20.1. The maximum atomic E-state index is 10.7. The monoisotopic (exact) mass is 404 g/mol. The summed E-state index contributed by atoms with van der Waals surface area (Å²) in [5, 5.41) is 15.7. The van der Waals surface area contributed by atoms with Gasteiger partial charge >= 0.3 is 0 Å². The molecule has 0 aliphatic heterocycles. The minimum atomic E-state index is -0.422. The zero-order valence-electron chi connectivity index (χ0n) is 15.2. The van der Waals surface area contributed by atoms with E-state index in [2.05, 4.69) is 15.5 Å². The van der Waals surface area contributed by atoms with Gasteiger partial charge in [-0.25, -0.2) is 4.98 Å². The number of benzene rings is 3. The van der Waals surface area contributed by atoms with E-state index in [9.17, 15) is 10.1 Å². The Bertz CT molecular complexity index is 1140. The van der Waals surface area contributed by atoms with Crippen LogP contribution in [0.3, 0.4) is 0 Å². The number of anilines is 1. The fourth-order valence-corrected chi connectivity index (χ4v) is 3.49. The molecule has 0 aliphatic carbocycles. The van der Waals surface area contributed by atoms with Crippen molar-refractivity contribution < 1.29 is 9.66 Å². The predicted molar refractivity (Wildman–Crippen MR) is 115 cm³/mol. The first-order chi connectivity index (χ1) is 14.2. The molecule has 0 fully saturated rings. The lowest BCUT2D eigenvalue weighted by molar-refractivity contribution is -0.384. The minimum absolute atomic E-state index is 0.0576. The first kappa shape index (κ1) is 18.6. The molecular formula is C21H16N4O3S. The molecular weight excluding hydrogens is 388 g/mol. The number of hydrazone groups is 1. The highest BCUT2D eigenvalue weighted by Gasteiger charge is 2.06. The lowest BCUT2D eigenvalue weighted by Gasteiger charge is -2.09. The normalized spacial score (nSPS) is 11.0. The van der Waals surface area contributed by atoms with E-state index < -0.39 is 4.92 Å². The van der Waals surface area contributed by atoms with Crippen LogP contribution in [0.25, 0.3) is 10.2 Å². The maximum absolute atomic E-state index is 10.7. The standard InChI is InChI=1S/C21H16N4O3S/c26-25(27)17-11-9-15(10-12-17)14-28-19-7-3-1-5-16(19)13-22-24-21-23-18-6-2-4-8-20(18)29-21/h1-13H,14H2,(H,23,24)/b22-13+. The van der Waals surface area contributed by atoms with Crippen molar-refractivity contribution >= 4 is 38.6 Å². The second kappa shape index (κ2) is 8.49. The number of nitro groups is 1. The van der Waals surface area contributed by atoms with Gasteiger partial charge in [0.05, 0.1) is 21.4 Å². The van der Waals surface area contributed by atoms with E-state index in [1.165, 1.54) is 23.5 Å². The quantitative estimate of drug-likeness (QED) is 0.259. The van der Waals surface area contributed by atoms with Crippen LogP contribution in [0.1, 0.15) is 11.1 Å². The number of para-hydroxylation sites is 2. The van der Waals surface area contributed by atoms with Crippen molar-refractivity contribution in [2.75, 3.05) is 5.43 Å². The molecule has 0 amide bonds. The average molecular weight is 404 g/mol. The predicted octanol–water partition coefficient (Wildman–Crippen LogP) is 5.23. The lowest BCUT2D eigenvalue weighted by atomic mass is 10.2. The fourth-order valence-electron chi connectivity index (χ4n) is 2.67. The second-order valence-corrected chi connectivity index (χ2v) is 7.14. The van der Waals surface area contributed by atoms with Gasteiger partial charge in [0.2, 0.25) is 5.13 Å². The highest BCUT2D eigenvalue weighted by molar-refractivity contribution is 7.22. The summed E-state index contributed by atoms with van der Waals surface area (Å²) < 4.78 is 6.97. The van der Waals surface area contributed by atoms with Crippen LogP contribution in [-0.2, 0) is 6.61 Å². The van der Waals surface area contributed by atoms with Crippen molar-refractivity contribution in [3.05, 3.63) is 94.0 Å². The largest absolute Gasteiger partial charge is 0.488 e. The van der Waals surface area contributed by atoms with Crippen LogP contribution in [0.5, 0.6) is 5.75 Å². The number of nitrogens with one attached hydrogen (secondary N) is 1. The van der Waals surface area contributed by atoms with Crippen molar-refractivity contribution in [3.63, 3.8) is 0 Å². The van der Waals surface area contributed by atoms with E-state index in [0.717, 1.165) is 21.3 Å². The minimum Gasteiger partial charge on any atom is -0.488 e. The number of thiazole rings is 1. The summed E-state index contributed by atoms with van der Waals surface area (Å²) in [5.41, 5.74) is 5.60. The Kier molecular flexibility index (Phi) is 5.44. The smallest absolute Gasteiger partial charge is 0.269 e. The summed E-state index contributed by atoms with van der Waals surface area (Å²) >= 11 is 1.53. The molecule has 4 aromatic rings. The van der Waals surface area contributed by atoms with Crippen molar-refractivity contribution in [1.29, 1.82) is 0 Å². The van der Waals surface area contributed by atoms with E-state index >= 15 is 0 Å². The third kappa shape index (κ3) is 4.56. The Morgan fingerprint density at radius 3 is 2.62 bits per heavy atom. The molecule has 1 N–H and O–H groups in total. The molecule has 0 radical (unpaired) electrons. The van der Waals surface area contributed by atoms with Gasteiger partial charge in [0.25, 0.3) is 5.69 Å². The molecule has 0 saturated carbocycles. The number of hydrogen-bond acceptors (Lipinski definition) is 7. The second-order valence-electron chi connectivity index (χ2n) is 6.11. The number of nitrogens with zero attached hydrogens (tertiary/aromatic N) is 3. The summed E-state index contributed by atoms with van der Waals surface area (Å²) in [5.74, 6) is 0.667. The third-order valence-corrected chi connectivity index (χ3v) is 5.06. The molecule has 0 atom stereocenters. The van der Waals surface area contributed by atoms with Gasteiger partial charge in [0, 0.05) is 17.7 Å². The van der Waals surface area contributed by atoms with Crippen LogP contribution in [0.2, 0.25) is 0 Å². The SMILES string of the molecule is O=[N+]([O-])c1ccc(COc2ccccc2/C=N/Nc2nc3ccccc3s2)cc1. The summed E-state index contributed by atoms with van der Waals surface area (Å²) in [4.78, 5) is 14.8. The summed E-state index contributed by atoms with van der Waals surface area (Å²) in [6.07, 6.45) is 1.68. The van der Waals surface area contributed by atoms with Crippen LogP contribution >= 0.6 is 11.3 Å². The molecule has 0 saturated heterocycles. The Morgan fingerprint density at radius 2 is 1.83 bits per heavy atom. The van der Waals surface area contributed by atoms with Crippen LogP contribution < -0.4 is 10.2 Å². The van der Waals surface area contributed by atoms with Gasteiger partial charge in [-0.2, -0.15) is 5.10 Å². The van der Waals surface area contributed by atoms with Gasteiger partial charge in [0.1, 0.15) is 12.4 Å². The van der Waals surface area contributed by atoms with Crippen molar-refractivity contribution in [2.24, 2.45) is 5.10 Å². The molecule has 3 aromatic carbocycles. The molecule has 0 aliphatic rings. The van der Waals surface area contributed by atoms with Crippen LogP contribution in [-0.4, -0.2) is 16.1 Å². The molecule has 1 heterocycles. The molecule has 0 spiro atoms. The number of hydrogen-bond donors (Lipinski definition) is 1. The molecule has 4 rings (SSSR count). The summed E-state index contributed by atoms with van der Waals surface area (Å²) in [6.45, 7) is 0.300. The maximum Gasteiger partial charge on any atom is 0.269 e. The molecule has 0 unspecified atom stereocenters. The number of nitro benzene ring substituents is 1. The van der Waals surface area contributed by atoms with Crippen molar-refractivity contribution in [3.8, 4) is 5.75 Å². The van der Waals surface area contributed by atoms with Gasteiger partial charge in [-0.1, -0.05) is 35.6 Å². The molecule has 144 valence electrons. The topological polar surface area (TPSA) is 89.7 Å². The van der Waals surface area contributed by atoms with Crippen molar-refractivity contribution in [1.82, 2.24) is 4.98 Å². The third-order valence-electron chi connectivity index (χ3n) is 4.12. The first-order valence-electron chi connectivity index (χ1n) is 8.79. The number of aromatic nitrogens is 1. The molecule has 1 aromatic heterocycles. The highest BCUT2D eigenvalue weighted by atomic mass is 32.1. The van der Waals surface area contributed by atoms with E-state index in [1.807, 2.05) is 48.5 Å². The van der Waals surface area contributed by atoms with Gasteiger partial charge in [-0.05, 0) is 42.0 Å². The van der Waals surface area contributed by atoms with Crippen LogP contribution in [0.15, 0.2) is 77.9 Å². The van der Waals surface area contributed by atoms with E-state index in [-0.39, 0.29) is 5.69 Å². The fraction of sp³-hybridized carbons (Fsp3) is 0.0476. The van der Waals surface area contributed by atoms with Crippen LogP contribution in [0, 0.1) is 10.1 Å². The van der Waals surface area contributed by atoms with E-state index in [0.29, 0.717) is 17.5 Å². The van der Waals surface area contributed by atoms with Crippen molar-refractivity contribution in [2.45, 2.75) is 6.61 Å². The van der Waals surface area contributed by atoms with Gasteiger partial charge in [-0.3, -0.25) is 15.5 Å². The van der Waals surface area contributed by atoms with Gasteiger partial charge in [-0.15, -0.1) is 0 Å². The highest BCUT2D eigenvalue weighted by Crippen LogP contribution is 2.25. The molecule has 0 bridgehead atoms. The Balaban J connectivity index is 1.42. The number of non-ortho nitro benzene ring substituents is 1. The van der Waals surface area contributed by atoms with Crippen LogP contribution in [0.4, 0.5) is 10.8 Å². The molecule has 7 nitrogen and oxygen atoms in total. The van der Waals surface area contributed by atoms with E-state index in [1.54, 1.807) is 18.3 Å². The van der Waals surface area contributed by atoms with E-state index in [4.69, 9.17) is 4.74 Å². The Hall–Kier alpha value is -3.78. The Labute approximate surface area is 170 Å². The van der Waals surface area contributed by atoms with Gasteiger partial charge in [0.15, 0.2) is 0 Å². The lowest BCUT2D eigenvalue weighted by Crippen LogP contribution is -1.99. The Morgan fingerprint density at radius 1 is 1.07 bits per heavy atom. The average Bonchev–Trinajstić information content (AvgIpc) is 3.16. The first-order valence-corrected chi connectivity index (χ1v) is 9.60. The summed E-state index contributed by atoms with van der Waals surface area (Å²) in [6, 6.07) is 21.7. The zero-order valence-corrected chi connectivity index (χ0v) is 16.0. The number of rotatable bonds is 7. The molecule has 8 heteroatoms.